The second kappa shape index (κ2) is 7.98. The van der Waals surface area contributed by atoms with Crippen LogP contribution in [0.4, 0.5) is 10.3 Å². The Bertz CT molecular complexity index is 626. The summed E-state index contributed by atoms with van der Waals surface area (Å²) in [5.41, 5.74) is 5.66. The molecule has 0 saturated heterocycles. The summed E-state index contributed by atoms with van der Waals surface area (Å²) in [6.45, 7) is 2.81. The number of nitrogens with two attached hydrogens (primary N) is 1. The van der Waals surface area contributed by atoms with Gasteiger partial charge in [0.1, 0.15) is 18.1 Å². The molecule has 0 unspecified atom stereocenters. The van der Waals surface area contributed by atoms with Gasteiger partial charge in [-0.25, -0.2) is 0 Å². The van der Waals surface area contributed by atoms with Crippen LogP contribution < -0.4 is 21.1 Å². The lowest BCUT2D eigenvalue weighted by Crippen LogP contribution is -2.31. The first-order valence-electron chi connectivity index (χ1n) is 6.83. The van der Waals surface area contributed by atoms with Crippen LogP contribution in [0.3, 0.4) is 0 Å². The number of carbonyl (C=O) groups is 1. The predicted molar refractivity (Wildman–Crippen MR) is 78.2 cm³/mol. The van der Waals surface area contributed by atoms with Gasteiger partial charge in [-0.1, -0.05) is 9.39 Å². The first kappa shape index (κ1) is 16.5. The first-order chi connectivity index (χ1) is 11.1. The third-order valence-corrected chi connectivity index (χ3v) is 2.82. The molecule has 0 fully saturated rings. The van der Waals surface area contributed by atoms with E-state index in [1.807, 2.05) is 0 Å². The Morgan fingerprint density at radius 2 is 2.17 bits per heavy atom. The van der Waals surface area contributed by atoms with Crippen LogP contribution in [0.15, 0.2) is 12.1 Å². The number of primary amides is 1. The highest BCUT2D eigenvalue weighted by Crippen LogP contribution is 2.12. The highest BCUT2D eigenvalue weighted by Gasteiger charge is 2.10. The van der Waals surface area contributed by atoms with Crippen LogP contribution in [0.5, 0.6) is 5.88 Å². The van der Waals surface area contributed by atoms with E-state index in [0.717, 1.165) is 0 Å². The van der Waals surface area contributed by atoms with Gasteiger partial charge in [0.05, 0.1) is 12.2 Å². The Labute approximate surface area is 131 Å². The number of rotatable bonds is 9. The maximum atomic E-state index is 13.2. The molecular weight excluding hydrogens is 307 g/mol. The fourth-order valence-electron chi connectivity index (χ4n) is 1.63. The molecule has 0 aliphatic rings. The summed E-state index contributed by atoms with van der Waals surface area (Å²) in [6, 6.07) is 3.28. The molecule has 4 N–H and O–H groups in total. The number of anilines is 1. The van der Waals surface area contributed by atoms with Crippen LogP contribution in [0.2, 0.25) is 0 Å². The van der Waals surface area contributed by atoms with Crippen LogP contribution in [0.25, 0.3) is 0 Å². The van der Waals surface area contributed by atoms with Crippen molar-refractivity contribution in [3.8, 4) is 5.88 Å². The van der Waals surface area contributed by atoms with E-state index in [9.17, 15) is 9.28 Å². The van der Waals surface area contributed by atoms with Gasteiger partial charge in [-0.3, -0.25) is 4.79 Å². The smallest absolute Gasteiger partial charge is 0.233 e. The van der Waals surface area contributed by atoms with Crippen LogP contribution in [0.1, 0.15) is 11.4 Å². The molecule has 1 amide bonds. The second-order valence-electron chi connectivity index (χ2n) is 4.60. The van der Waals surface area contributed by atoms with E-state index in [1.165, 1.54) is 0 Å². The molecule has 0 aliphatic carbocycles. The normalized spacial score (nSPS) is 10.5. The molecule has 2 aromatic heterocycles. The number of carbonyl (C=O) groups excluding carboxylic acids is 1. The lowest BCUT2D eigenvalue weighted by Gasteiger charge is -2.07. The fraction of sp³-hybridized carbons (Fsp3) is 0.417. The molecule has 0 aliphatic heterocycles. The SMILES string of the molecule is Cc1nnn(F)c1COc1ccc(NCCNCC(N)=O)nn1. The number of ether oxygens (including phenoxy) is 1. The summed E-state index contributed by atoms with van der Waals surface area (Å²) >= 11 is 0. The third-order valence-electron chi connectivity index (χ3n) is 2.82. The lowest BCUT2D eigenvalue weighted by atomic mass is 10.4. The maximum absolute atomic E-state index is 13.2. The maximum Gasteiger partial charge on any atom is 0.233 e. The zero-order valence-corrected chi connectivity index (χ0v) is 12.5. The number of aromatic nitrogens is 5. The monoisotopic (exact) mass is 324 g/mol. The number of aryl methyl sites for hydroxylation is 1. The van der Waals surface area contributed by atoms with Crippen molar-refractivity contribution in [3.63, 3.8) is 0 Å². The van der Waals surface area contributed by atoms with Gasteiger partial charge in [-0.15, -0.1) is 15.3 Å². The number of hydrogen-bond donors (Lipinski definition) is 3. The second-order valence-corrected chi connectivity index (χ2v) is 4.60. The Balaban J connectivity index is 1.75. The minimum atomic E-state index is -0.411. The third kappa shape index (κ3) is 5.14. The van der Waals surface area contributed by atoms with Gasteiger partial charge in [0, 0.05) is 19.2 Å². The molecule has 2 aromatic rings. The Morgan fingerprint density at radius 1 is 1.35 bits per heavy atom. The average molecular weight is 324 g/mol. The molecule has 124 valence electrons. The predicted octanol–water partition coefficient (Wildman–Crippen LogP) is -0.825. The Hall–Kier alpha value is -2.82. The summed E-state index contributed by atoms with van der Waals surface area (Å²) in [7, 11) is 0. The number of amides is 1. The quantitative estimate of drug-likeness (QED) is 0.509. The van der Waals surface area contributed by atoms with Gasteiger partial charge >= 0.3 is 0 Å². The molecule has 0 aromatic carbocycles. The zero-order chi connectivity index (χ0) is 16.7. The highest BCUT2D eigenvalue weighted by atomic mass is 19.2. The van der Waals surface area contributed by atoms with E-state index >= 15 is 0 Å². The molecule has 0 radical (unpaired) electrons. The fourth-order valence-corrected chi connectivity index (χ4v) is 1.63. The average Bonchev–Trinajstić information content (AvgIpc) is 2.84. The van der Waals surface area contributed by atoms with Crippen molar-refractivity contribution in [1.29, 1.82) is 0 Å². The Morgan fingerprint density at radius 3 is 2.78 bits per heavy atom. The van der Waals surface area contributed by atoms with E-state index in [4.69, 9.17) is 10.5 Å². The number of halogens is 1. The molecule has 10 nitrogen and oxygen atoms in total. The molecule has 23 heavy (non-hydrogen) atoms. The zero-order valence-electron chi connectivity index (χ0n) is 12.5. The molecule has 11 heteroatoms. The summed E-state index contributed by atoms with van der Waals surface area (Å²) in [6.07, 6.45) is 0. The van der Waals surface area contributed by atoms with Crippen LogP contribution >= 0.6 is 0 Å². The molecule has 0 spiro atoms. The minimum absolute atomic E-state index is 0.0478. The van der Waals surface area contributed by atoms with E-state index < -0.39 is 5.91 Å². The standard InChI is InChI=1S/C12H17FN8O2/c1-8-9(21(13)20-17-8)7-23-12-3-2-11(18-19-12)16-5-4-15-6-10(14)22/h2-3,15H,4-7H2,1H3,(H2,14,22)(H,16,18). The van der Waals surface area contributed by atoms with E-state index in [-0.39, 0.29) is 29.6 Å². The van der Waals surface area contributed by atoms with E-state index in [1.54, 1.807) is 19.1 Å². The lowest BCUT2D eigenvalue weighted by molar-refractivity contribution is -0.117. The summed E-state index contributed by atoms with van der Waals surface area (Å²) in [4.78, 5) is 10.7. The van der Waals surface area contributed by atoms with Crippen molar-refractivity contribution in [2.24, 2.45) is 5.73 Å². The first-order valence-corrected chi connectivity index (χ1v) is 6.83. The topological polar surface area (TPSA) is 133 Å². The van der Waals surface area contributed by atoms with Crippen molar-refractivity contribution in [3.05, 3.63) is 23.5 Å². The van der Waals surface area contributed by atoms with Crippen molar-refractivity contribution in [2.75, 3.05) is 25.0 Å². The van der Waals surface area contributed by atoms with Crippen molar-refractivity contribution in [2.45, 2.75) is 13.5 Å². The van der Waals surface area contributed by atoms with Crippen LogP contribution in [0, 0.1) is 6.92 Å². The van der Waals surface area contributed by atoms with Gasteiger partial charge in [0.2, 0.25) is 11.8 Å². The summed E-state index contributed by atoms with van der Waals surface area (Å²) in [5, 5.41) is 20.5. The minimum Gasteiger partial charge on any atom is -0.470 e. The molecule has 0 bridgehead atoms. The van der Waals surface area contributed by atoms with Gasteiger partial charge in [-0.05, 0) is 18.2 Å². The van der Waals surface area contributed by atoms with Crippen molar-refractivity contribution < 1.29 is 14.0 Å². The Kier molecular flexibility index (Phi) is 5.74. The van der Waals surface area contributed by atoms with E-state index in [2.05, 4.69) is 31.1 Å². The van der Waals surface area contributed by atoms with Crippen LogP contribution in [-0.2, 0) is 11.4 Å². The number of hydrogen-bond acceptors (Lipinski definition) is 8. The molecule has 0 atom stereocenters. The summed E-state index contributed by atoms with van der Waals surface area (Å²) in [5.74, 6) is 0.390. The molecule has 2 heterocycles. The van der Waals surface area contributed by atoms with Gasteiger partial charge in [0.25, 0.3) is 0 Å². The largest absolute Gasteiger partial charge is 0.470 e. The summed E-state index contributed by atoms with van der Waals surface area (Å²) < 4.78 is 18.5. The highest BCUT2D eigenvalue weighted by molar-refractivity contribution is 5.75. The van der Waals surface area contributed by atoms with Gasteiger partial charge in [-0.2, -0.15) is 0 Å². The number of nitrogens with one attached hydrogen (secondary N) is 2. The van der Waals surface area contributed by atoms with Gasteiger partial charge < -0.3 is 21.1 Å². The van der Waals surface area contributed by atoms with Gasteiger partial charge in [0.15, 0.2) is 0 Å². The number of nitrogens with zero attached hydrogens (tertiary/aromatic N) is 5. The van der Waals surface area contributed by atoms with Crippen molar-refractivity contribution in [1.82, 2.24) is 30.7 Å². The van der Waals surface area contributed by atoms with Crippen molar-refractivity contribution >= 4 is 11.7 Å². The van der Waals surface area contributed by atoms with Crippen LogP contribution in [-0.4, -0.2) is 51.0 Å². The van der Waals surface area contributed by atoms with E-state index in [0.29, 0.717) is 24.6 Å². The molecule has 0 saturated carbocycles. The molecular formula is C12H17FN8O2. The molecule has 2 rings (SSSR count).